The molecule has 0 fully saturated rings. The Hall–Kier alpha value is -2.43. The summed E-state index contributed by atoms with van der Waals surface area (Å²) in [5.74, 6) is -0.780. The molecule has 0 aromatic heterocycles. The van der Waals surface area contributed by atoms with Crippen molar-refractivity contribution in [2.75, 3.05) is 44.2 Å². The summed E-state index contributed by atoms with van der Waals surface area (Å²) in [6, 6.07) is 6.06. The van der Waals surface area contributed by atoms with Gasteiger partial charge < -0.3 is 15.3 Å². The molecule has 1 aromatic carbocycles. The van der Waals surface area contributed by atoms with Gasteiger partial charge in [0.15, 0.2) is 0 Å². The van der Waals surface area contributed by atoms with Gasteiger partial charge in [0, 0.05) is 12.8 Å². The molecule has 16 heteroatoms. The third kappa shape index (κ3) is 35.1. The molecule has 1 aliphatic heterocycles. The summed E-state index contributed by atoms with van der Waals surface area (Å²) in [4.78, 5) is 48.4. The van der Waals surface area contributed by atoms with Gasteiger partial charge in [0.25, 0.3) is 0 Å². The summed E-state index contributed by atoms with van der Waals surface area (Å²) in [6.07, 6.45) is 10.7. The summed E-state index contributed by atoms with van der Waals surface area (Å²) < 4.78 is 1.12. The minimum absolute atomic E-state index is 0.0258. The van der Waals surface area contributed by atoms with E-state index >= 15 is 0 Å². The quantitative estimate of drug-likeness (QED) is 0.0524. The van der Waals surface area contributed by atoms with Gasteiger partial charge in [-0.05, 0) is 17.3 Å². The molecule has 1 aliphatic rings. The summed E-state index contributed by atoms with van der Waals surface area (Å²) >= 11 is 3.70. The summed E-state index contributed by atoms with van der Waals surface area (Å²) in [5, 5.41) is 35.7. The average Bonchev–Trinajstić information content (AvgIpc) is 3.14. The third-order valence-corrected chi connectivity index (χ3v) is 8.18. The van der Waals surface area contributed by atoms with Crippen LogP contribution in [0.1, 0.15) is 117 Å². The number of hydrazone groups is 2. The van der Waals surface area contributed by atoms with E-state index in [0.717, 1.165) is 46.2 Å². The van der Waals surface area contributed by atoms with Crippen molar-refractivity contribution in [3.8, 4) is 0 Å². The fourth-order valence-electron chi connectivity index (χ4n) is 4.31. The number of nitrogens with one attached hydrogen (secondary N) is 3. The first-order chi connectivity index (χ1) is 25.3. The minimum Gasteiger partial charge on any atom is -0.480 e. The monoisotopic (exact) mass is 1060 g/mol. The molecule has 1 unspecified atom stereocenters. The Kier molecular flexibility index (Phi) is 39.2. The van der Waals surface area contributed by atoms with Gasteiger partial charge in [0.1, 0.15) is 0 Å². The summed E-state index contributed by atoms with van der Waals surface area (Å²) in [7, 11) is 0. The van der Waals surface area contributed by atoms with Crippen molar-refractivity contribution in [3.05, 3.63) is 29.3 Å². The van der Waals surface area contributed by atoms with E-state index in [0.29, 0.717) is 25.5 Å². The number of rotatable bonds is 21. The van der Waals surface area contributed by atoms with Gasteiger partial charge in [0.05, 0.1) is 0 Å². The average molecular weight is 1060 g/mol. The van der Waals surface area contributed by atoms with Gasteiger partial charge in [0.2, 0.25) is 0 Å². The van der Waals surface area contributed by atoms with E-state index in [9.17, 15) is 19.2 Å². The van der Waals surface area contributed by atoms with Crippen molar-refractivity contribution < 1.29 is 59.2 Å². The molecule has 0 saturated heterocycles. The molecule has 0 saturated carbocycles. The van der Waals surface area contributed by atoms with Gasteiger partial charge in [-0.1, -0.05) is 96.2 Å². The van der Waals surface area contributed by atoms with E-state index in [-0.39, 0.29) is 31.8 Å². The van der Waals surface area contributed by atoms with Crippen LogP contribution in [-0.4, -0.2) is 105 Å². The fraction of sp³-hybridized carbons (Fsp3) is 0.676. The van der Waals surface area contributed by atoms with Crippen molar-refractivity contribution in [1.82, 2.24) is 26.0 Å². The van der Waals surface area contributed by atoms with E-state index in [1.165, 1.54) is 38.4 Å². The van der Waals surface area contributed by atoms with Crippen molar-refractivity contribution in [2.24, 2.45) is 16.1 Å². The smallest absolute Gasteiger partial charge is 0.480 e. The van der Waals surface area contributed by atoms with Crippen LogP contribution >= 0.6 is 22.6 Å². The van der Waals surface area contributed by atoms with Gasteiger partial charge >= 0.3 is 193 Å². The molecule has 1 aromatic rings. The third-order valence-electron chi connectivity index (χ3n) is 7.33. The molecule has 0 radical (unpaired) electrons. The van der Waals surface area contributed by atoms with E-state index in [1.807, 2.05) is 28.9 Å². The molecule has 1 amide bonds. The Morgan fingerprint density at radius 1 is 0.811 bits per heavy atom. The SMILES string of the molecule is CCC(=O)O.CCC(=O)O.CCCCCC(C)CC.CCCN(CCN(CCC)CC(=O)NCc1cc([At])cc(C2=NNC=NN2)c1)CC(=O)O.CI. The second kappa shape index (κ2) is 37.9. The molecule has 0 aliphatic carbocycles. The first kappa shape index (κ1) is 54.9. The number of halogens is 1. The van der Waals surface area contributed by atoms with Crippen molar-refractivity contribution in [2.45, 2.75) is 113 Å². The zero-order chi connectivity index (χ0) is 41.0. The van der Waals surface area contributed by atoms with E-state index in [2.05, 4.69) is 87.6 Å². The number of carboxylic acids is 3. The molecule has 306 valence electrons. The molecule has 53 heavy (non-hydrogen) atoms. The molecular formula is C37H67AtIN7O7. The zero-order valence-corrected chi connectivity index (χ0v) is 38.3. The Balaban J connectivity index is -0.000000970. The van der Waals surface area contributed by atoms with Crippen LogP contribution in [0, 0.1) is 30.6 Å². The second-order valence-corrected chi connectivity index (χ2v) is 13.7. The molecule has 14 nitrogen and oxygen atoms in total. The van der Waals surface area contributed by atoms with Gasteiger partial charge in [-0.3, -0.25) is 14.4 Å². The van der Waals surface area contributed by atoms with Crippen LogP contribution in [-0.2, 0) is 25.7 Å². The first-order valence-corrected chi connectivity index (χ1v) is 22.0. The van der Waals surface area contributed by atoms with Crippen LogP contribution in [0.3, 0.4) is 0 Å². The van der Waals surface area contributed by atoms with Crippen LogP contribution in [0.15, 0.2) is 28.4 Å². The van der Waals surface area contributed by atoms with Crippen LogP contribution in [0.4, 0.5) is 0 Å². The molecule has 0 spiro atoms. The van der Waals surface area contributed by atoms with Gasteiger partial charge in [-0.15, -0.1) is 0 Å². The predicted molar refractivity (Wildman–Crippen MR) is 220 cm³/mol. The first-order valence-electron chi connectivity index (χ1n) is 18.4. The standard InChI is InChI=1S/C21H32AtN7O3.C9H20.2C3H6O2.CH3I/c1-3-5-28(7-8-29(6-4-2)14-20(31)32)13-19(30)23-12-16-9-17(11-18(22)10-16)21-26-24-15-25-27-21;1-4-6-7-8-9(3)5-2;2*1-2-3(4)5;1-2/h9-11,15H,3-8,12-14H2,1-2H3,(H,23,30)(H,24,25)(H,26,27)(H,31,32);9H,4-8H2,1-3H3;2*2H2,1H3,(H,4,5);1H3. The number of benzene rings is 1. The zero-order valence-electron chi connectivity index (χ0n) is 33.2. The van der Waals surface area contributed by atoms with Crippen molar-refractivity contribution >= 4 is 61.9 Å². The molecule has 0 bridgehead atoms. The number of carboxylic acid groups (broad SMARTS) is 3. The van der Waals surface area contributed by atoms with Crippen molar-refractivity contribution in [1.29, 1.82) is 0 Å². The number of amides is 1. The number of amidine groups is 1. The topological polar surface area (TPSA) is 196 Å². The minimum atomic E-state index is -0.825. The molecular weight excluding hydrogens is 991 g/mol. The van der Waals surface area contributed by atoms with Crippen LogP contribution in [0.2, 0.25) is 0 Å². The van der Waals surface area contributed by atoms with Crippen LogP contribution in [0.25, 0.3) is 0 Å². The summed E-state index contributed by atoms with van der Waals surface area (Å²) in [5.41, 5.74) is 7.48. The van der Waals surface area contributed by atoms with Crippen LogP contribution < -0.4 is 19.4 Å². The predicted octanol–water partition coefficient (Wildman–Crippen LogP) is 5.41. The number of nitrogens with zero attached hydrogens (tertiary/aromatic N) is 4. The summed E-state index contributed by atoms with van der Waals surface area (Å²) in [6.45, 7) is 17.7. The van der Waals surface area contributed by atoms with Crippen LogP contribution in [0.5, 0.6) is 0 Å². The number of hydrogen-bond acceptors (Lipinski definition) is 10. The van der Waals surface area contributed by atoms with Gasteiger partial charge in [-0.2, -0.15) is 0 Å². The van der Waals surface area contributed by atoms with E-state index in [4.69, 9.17) is 15.3 Å². The Morgan fingerprint density at radius 3 is 1.79 bits per heavy atom. The number of carbonyl (C=O) groups excluding carboxylic acids is 1. The maximum absolute atomic E-state index is 12.6. The van der Waals surface area contributed by atoms with Gasteiger partial charge in [-0.25, -0.2) is 0 Å². The number of carbonyl (C=O) groups is 4. The Labute approximate surface area is 347 Å². The molecule has 1 atom stereocenters. The molecule has 1 heterocycles. The fourth-order valence-corrected chi connectivity index (χ4v) is 5.31. The maximum atomic E-state index is 12.6. The molecule has 2 rings (SSSR count). The number of aliphatic carboxylic acids is 3. The van der Waals surface area contributed by atoms with E-state index < -0.39 is 17.9 Å². The number of alkyl halides is 1. The second-order valence-electron chi connectivity index (χ2n) is 12.0. The van der Waals surface area contributed by atoms with Crippen molar-refractivity contribution in [3.63, 3.8) is 0 Å². The number of unbranched alkanes of at least 4 members (excludes halogenated alkanes) is 2. The van der Waals surface area contributed by atoms with E-state index in [1.54, 1.807) is 38.6 Å². The molecule has 6 N–H and O–H groups in total. The Bertz CT molecular complexity index is 1180. The normalized spacial score (nSPS) is 11.7. The Morgan fingerprint density at radius 2 is 1.36 bits per heavy atom. The number of hydrogen-bond donors (Lipinski definition) is 6.